The van der Waals surface area contributed by atoms with E-state index in [4.69, 9.17) is 13.0 Å². The van der Waals surface area contributed by atoms with E-state index < -0.39 is 10.1 Å². The van der Waals surface area contributed by atoms with Crippen molar-refractivity contribution in [2.45, 2.75) is 13.8 Å². The van der Waals surface area contributed by atoms with E-state index in [1.807, 2.05) is 0 Å². The maximum Gasteiger partial charge on any atom is 0.109 e. The van der Waals surface area contributed by atoms with Crippen LogP contribution in [0.5, 0.6) is 0 Å². The number of quaternary nitrogens is 1. The first-order valence-corrected chi connectivity index (χ1v) is 5.78. The summed E-state index contributed by atoms with van der Waals surface area (Å²) in [6.07, 6.45) is 7.04. The SMILES string of the molecule is CC[NH+]1C=CC=C1C.CS(=O)(=O)[O-]. The Hall–Kier alpha value is -0.650. The standard InChI is InChI=1S/C7H11N.CH4O3S/c1-3-8-6-4-5-7(8)2;1-5(2,3)4/h4-6H,3H2,1-2H3;1H3,(H,2,3,4). The second kappa shape index (κ2) is 5.16. The van der Waals surface area contributed by atoms with Crippen molar-refractivity contribution in [3.8, 4) is 0 Å². The van der Waals surface area contributed by atoms with Crippen LogP contribution in [0, 0.1) is 0 Å². The van der Waals surface area contributed by atoms with Crippen LogP contribution in [-0.2, 0) is 10.1 Å². The predicted octanol–water partition coefficient (Wildman–Crippen LogP) is -0.516. The Labute approximate surface area is 79.3 Å². The van der Waals surface area contributed by atoms with Crippen LogP contribution in [0.1, 0.15) is 13.8 Å². The van der Waals surface area contributed by atoms with Gasteiger partial charge in [0.05, 0.1) is 22.9 Å². The van der Waals surface area contributed by atoms with Crippen LogP contribution in [-0.4, -0.2) is 25.8 Å². The first-order valence-electron chi connectivity index (χ1n) is 3.96. The molecule has 0 aromatic rings. The van der Waals surface area contributed by atoms with Gasteiger partial charge in [0.15, 0.2) is 0 Å². The molecule has 0 aliphatic carbocycles. The molecule has 1 heterocycles. The van der Waals surface area contributed by atoms with Gasteiger partial charge in [0.2, 0.25) is 0 Å². The fourth-order valence-electron chi connectivity index (χ4n) is 0.944. The molecule has 0 fully saturated rings. The van der Waals surface area contributed by atoms with Crippen molar-refractivity contribution in [1.29, 1.82) is 0 Å². The zero-order valence-electron chi connectivity index (χ0n) is 8.07. The normalized spacial score (nSPS) is 20.6. The van der Waals surface area contributed by atoms with Gasteiger partial charge in [-0.15, -0.1) is 0 Å². The van der Waals surface area contributed by atoms with Crippen molar-refractivity contribution >= 4 is 10.1 Å². The number of allylic oxidation sites excluding steroid dienone is 3. The third kappa shape index (κ3) is 7.70. The largest absolute Gasteiger partial charge is 0.748 e. The van der Waals surface area contributed by atoms with Crippen LogP contribution < -0.4 is 4.90 Å². The Balaban J connectivity index is 0.000000252. The molecule has 0 bridgehead atoms. The quantitative estimate of drug-likeness (QED) is 0.586. The molecule has 1 atom stereocenters. The first-order chi connectivity index (χ1) is 5.84. The lowest BCUT2D eigenvalue weighted by atomic mass is 10.4. The van der Waals surface area contributed by atoms with Gasteiger partial charge in [0.25, 0.3) is 0 Å². The van der Waals surface area contributed by atoms with Crippen molar-refractivity contribution in [1.82, 2.24) is 0 Å². The third-order valence-corrected chi connectivity index (χ3v) is 1.53. The van der Waals surface area contributed by atoms with Gasteiger partial charge < -0.3 is 4.55 Å². The van der Waals surface area contributed by atoms with Crippen molar-refractivity contribution in [2.24, 2.45) is 0 Å². The summed E-state index contributed by atoms with van der Waals surface area (Å²) in [6.45, 7) is 5.50. The van der Waals surface area contributed by atoms with Crippen LogP contribution in [0.15, 0.2) is 24.0 Å². The summed E-state index contributed by atoms with van der Waals surface area (Å²) >= 11 is 0. The Bertz CT molecular complexity index is 295. The second-order valence-electron chi connectivity index (χ2n) is 2.79. The Kier molecular flexibility index (Phi) is 4.90. The van der Waals surface area contributed by atoms with Gasteiger partial charge in [-0.25, -0.2) is 8.42 Å². The van der Waals surface area contributed by atoms with E-state index in [1.54, 1.807) is 0 Å². The fraction of sp³-hybridized carbons (Fsp3) is 0.500. The molecule has 0 amide bonds. The summed E-state index contributed by atoms with van der Waals surface area (Å²) in [5.74, 6) is 0. The van der Waals surface area contributed by atoms with Crippen molar-refractivity contribution < 1.29 is 17.9 Å². The number of hydrogen-bond acceptors (Lipinski definition) is 3. The highest BCUT2D eigenvalue weighted by molar-refractivity contribution is 7.84. The molecule has 0 aromatic heterocycles. The molecule has 0 saturated carbocycles. The van der Waals surface area contributed by atoms with Crippen LogP contribution in [0.4, 0.5) is 0 Å². The molecule has 1 N–H and O–H groups in total. The van der Waals surface area contributed by atoms with E-state index in [0.717, 1.165) is 0 Å². The molecular formula is C8H15NO3S. The van der Waals surface area contributed by atoms with Gasteiger partial charge >= 0.3 is 0 Å². The second-order valence-corrected chi connectivity index (χ2v) is 4.20. The average Bonchev–Trinajstić information content (AvgIpc) is 2.31. The van der Waals surface area contributed by atoms with E-state index in [-0.39, 0.29) is 0 Å². The summed E-state index contributed by atoms with van der Waals surface area (Å²) in [5, 5.41) is 0. The number of nitrogens with one attached hydrogen (secondary N) is 1. The van der Waals surface area contributed by atoms with Crippen LogP contribution in [0.3, 0.4) is 0 Å². The van der Waals surface area contributed by atoms with E-state index in [1.165, 1.54) is 17.1 Å². The van der Waals surface area contributed by atoms with Crippen LogP contribution >= 0.6 is 0 Å². The topological polar surface area (TPSA) is 61.6 Å². The van der Waals surface area contributed by atoms with Crippen molar-refractivity contribution in [2.75, 3.05) is 12.8 Å². The molecule has 1 aliphatic rings. The van der Waals surface area contributed by atoms with E-state index in [2.05, 4.69) is 32.2 Å². The maximum atomic E-state index is 9.08. The molecular weight excluding hydrogens is 190 g/mol. The molecule has 0 aromatic carbocycles. The number of hydrogen-bond donors (Lipinski definition) is 1. The molecule has 0 radical (unpaired) electrons. The average molecular weight is 205 g/mol. The molecule has 1 aliphatic heterocycles. The summed E-state index contributed by atoms with van der Waals surface area (Å²) in [4.78, 5) is 1.48. The first kappa shape index (κ1) is 12.3. The van der Waals surface area contributed by atoms with Gasteiger partial charge in [-0.1, -0.05) is 0 Å². The highest BCUT2D eigenvalue weighted by atomic mass is 32.2. The predicted molar refractivity (Wildman–Crippen MR) is 50.0 cm³/mol. The van der Waals surface area contributed by atoms with Gasteiger partial charge in [0.1, 0.15) is 5.70 Å². The molecule has 13 heavy (non-hydrogen) atoms. The highest BCUT2D eigenvalue weighted by Gasteiger charge is 2.06. The molecule has 5 heteroatoms. The molecule has 0 spiro atoms. The monoisotopic (exact) mass is 205 g/mol. The zero-order valence-corrected chi connectivity index (χ0v) is 8.89. The van der Waals surface area contributed by atoms with E-state index in [0.29, 0.717) is 6.26 Å². The Morgan fingerprint density at radius 3 is 2.15 bits per heavy atom. The summed E-state index contributed by atoms with van der Waals surface area (Å²) in [5.41, 5.74) is 1.42. The fourth-order valence-corrected chi connectivity index (χ4v) is 0.944. The van der Waals surface area contributed by atoms with Crippen molar-refractivity contribution in [3.63, 3.8) is 0 Å². The zero-order chi connectivity index (χ0) is 10.5. The summed E-state index contributed by atoms with van der Waals surface area (Å²) < 4.78 is 27.2. The minimum Gasteiger partial charge on any atom is -0.748 e. The lowest BCUT2D eigenvalue weighted by molar-refractivity contribution is -0.799. The molecule has 76 valence electrons. The van der Waals surface area contributed by atoms with Crippen LogP contribution in [0.2, 0.25) is 0 Å². The minimum absolute atomic E-state index is 0.604. The number of rotatable bonds is 1. The molecule has 0 saturated heterocycles. The van der Waals surface area contributed by atoms with Gasteiger partial charge in [-0.2, -0.15) is 0 Å². The van der Waals surface area contributed by atoms with Gasteiger partial charge in [-0.05, 0) is 19.1 Å². The Morgan fingerprint density at radius 1 is 1.54 bits per heavy atom. The smallest absolute Gasteiger partial charge is 0.109 e. The molecule has 1 unspecified atom stereocenters. The maximum absolute atomic E-state index is 9.08. The minimum atomic E-state index is -3.92. The van der Waals surface area contributed by atoms with E-state index >= 15 is 0 Å². The third-order valence-electron chi connectivity index (χ3n) is 1.53. The summed E-state index contributed by atoms with van der Waals surface area (Å²) in [7, 11) is -3.92. The lowest BCUT2D eigenvalue weighted by Gasteiger charge is -2.05. The highest BCUT2D eigenvalue weighted by Crippen LogP contribution is 1.87. The molecule has 4 nitrogen and oxygen atoms in total. The Morgan fingerprint density at radius 2 is 2.00 bits per heavy atom. The molecule has 1 rings (SSSR count). The van der Waals surface area contributed by atoms with E-state index in [9.17, 15) is 0 Å². The van der Waals surface area contributed by atoms with Gasteiger partial charge in [0, 0.05) is 13.2 Å². The van der Waals surface area contributed by atoms with Crippen LogP contribution in [0.25, 0.3) is 0 Å². The summed E-state index contributed by atoms with van der Waals surface area (Å²) in [6, 6.07) is 0. The van der Waals surface area contributed by atoms with Gasteiger partial charge in [-0.3, -0.25) is 4.90 Å². The van der Waals surface area contributed by atoms with Crippen molar-refractivity contribution in [3.05, 3.63) is 24.0 Å². The lowest BCUT2D eigenvalue weighted by Crippen LogP contribution is -3.03.